The fourth-order valence-electron chi connectivity index (χ4n) is 9.90. The van der Waals surface area contributed by atoms with Gasteiger partial charge in [0.1, 0.15) is 0 Å². The van der Waals surface area contributed by atoms with Gasteiger partial charge >= 0.3 is 0 Å². The summed E-state index contributed by atoms with van der Waals surface area (Å²) in [6, 6.07) is 73.6. The Kier molecular flexibility index (Phi) is 14.4. The van der Waals surface area contributed by atoms with Crippen molar-refractivity contribution in [2.75, 3.05) is 9.80 Å². The summed E-state index contributed by atoms with van der Waals surface area (Å²) in [5, 5.41) is 0. The van der Waals surface area contributed by atoms with Gasteiger partial charge in [0.25, 0.3) is 0 Å². The van der Waals surface area contributed by atoms with Crippen LogP contribution in [-0.4, -0.2) is 0 Å². The molecule has 0 unspecified atom stereocenters. The molecule has 0 aliphatic heterocycles. The SMILES string of the molecule is CCCCCCC1(CCCCCC)c2cc(C#Cc3ccc(N(c4ccccc4)c4ccccc4)cc3)ccc2-c2ccc(C#Cc3ccc(N(c4ccccc4)c4ccccc4)cc3)cc21. The molecule has 8 aromatic carbocycles. The first-order valence-corrected chi connectivity index (χ1v) is 24.5. The van der Waals surface area contributed by atoms with Crippen molar-refractivity contribution in [2.24, 2.45) is 0 Å². The molecule has 8 aromatic rings. The molecule has 0 aromatic heterocycles. The molecule has 0 bridgehead atoms. The van der Waals surface area contributed by atoms with Crippen LogP contribution in [0.2, 0.25) is 0 Å². The van der Waals surface area contributed by atoms with Gasteiger partial charge in [-0.05, 0) is 156 Å². The molecular formula is C65H60N2. The molecule has 0 radical (unpaired) electrons. The van der Waals surface area contributed by atoms with Crippen molar-refractivity contribution < 1.29 is 0 Å². The molecule has 0 fully saturated rings. The zero-order chi connectivity index (χ0) is 45.7. The third-order valence-corrected chi connectivity index (χ3v) is 13.3. The van der Waals surface area contributed by atoms with Crippen molar-refractivity contribution in [1.29, 1.82) is 0 Å². The molecule has 9 rings (SSSR count). The lowest BCUT2D eigenvalue weighted by Gasteiger charge is -2.33. The highest BCUT2D eigenvalue weighted by molar-refractivity contribution is 5.83. The summed E-state index contributed by atoms with van der Waals surface area (Å²) in [6.07, 6.45) is 12.2. The normalized spacial score (nSPS) is 11.9. The Hall–Kier alpha value is -7.52. The molecule has 2 heteroatoms. The van der Waals surface area contributed by atoms with E-state index in [1.54, 1.807) is 0 Å². The van der Waals surface area contributed by atoms with Gasteiger partial charge in [0, 0.05) is 61.8 Å². The minimum absolute atomic E-state index is 0.0818. The van der Waals surface area contributed by atoms with Gasteiger partial charge in [0.15, 0.2) is 0 Å². The third-order valence-electron chi connectivity index (χ3n) is 13.3. The van der Waals surface area contributed by atoms with Crippen LogP contribution < -0.4 is 9.80 Å². The predicted molar refractivity (Wildman–Crippen MR) is 284 cm³/mol. The van der Waals surface area contributed by atoms with Crippen LogP contribution >= 0.6 is 0 Å². The second kappa shape index (κ2) is 21.6. The number of hydrogen-bond donors (Lipinski definition) is 0. The van der Waals surface area contributed by atoms with Crippen LogP contribution in [0, 0.1) is 23.7 Å². The molecule has 330 valence electrons. The fourth-order valence-corrected chi connectivity index (χ4v) is 9.90. The number of fused-ring (bicyclic) bond motifs is 3. The first-order valence-electron chi connectivity index (χ1n) is 24.5. The first kappa shape index (κ1) is 44.7. The summed E-state index contributed by atoms with van der Waals surface area (Å²) in [4.78, 5) is 4.58. The van der Waals surface area contributed by atoms with Crippen LogP contribution in [-0.2, 0) is 5.41 Å². The maximum atomic E-state index is 3.61. The summed E-state index contributed by atoms with van der Waals surface area (Å²) in [5.41, 5.74) is 16.4. The van der Waals surface area contributed by atoms with E-state index in [4.69, 9.17) is 0 Å². The highest BCUT2D eigenvalue weighted by atomic mass is 15.1. The van der Waals surface area contributed by atoms with Crippen molar-refractivity contribution >= 4 is 34.1 Å². The van der Waals surface area contributed by atoms with Crippen molar-refractivity contribution in [1.82, 2.24) is 0 Å². The highest BCUT2D eigenvalue weighted by Crippen LogP contribution is 2.54. The van der Waals surface area contributed by atoms with E-state index in [1.165, 1.54) is 73.6 Å². The maximum Gasteiger partial charge on any atom is 0.0462 e. The Morgan fingerprint density at radius 3 is 0.940 bits per heavy atom. The van der Waals surface area contributed by atoms with Crippen LogP contribution in [0.5, 0.6) is 0 Å². The standard InChI is InChI=1S/C65H60N2/c1-3-5-7-21-47-65(48-22-8-6-4-2)63-49-53(33-31-51-35-41-59(42-36-51)66(55-23-13-9-14-24-55)56-25-15-10-16-26-56)39-45-61(63)62-46-40-54(50-64(62)65)34-32-52-37-43-60(44-38-52)67(57-27-17-11-18-28-57)58-29-19-12-20-30-58/h9-20,23-30,35-46,49-50H,3-8,21-22,47-48H2,1-2H3. The lowest BCUT2D eigenvalue weighted by atomic mass is 9.70. The van der Waals surface area contributed by atoms with Gasteiger partial charge in [-0.1, -0.05) is 174 Å². The Morgan fingerprint density at radius 2 is 0.612 bits per heavy atom. The van der Waals surface area contributed by atoms with Gasteiger partial charge in [0.05, 0.1) is 0 Å². The van der Waals surface area contributed by atoms with Gasteiger partial charge in [-0.3, -0.25) is 0 Å². The van der Waals surface area contributed by atoms with Gasteiger partial charge in [-0.2, -0.15) is 0 Å². The van der Waals surface area contributed by atoms with Crippen LogP contribution in [0.25, 0.3) is 11.1 Å². The second-order valence-electron chi connectivity index (χ2n) is 17.8. The Morgan fingerprint density at radius 1 is 0.313 bits per heavy atom. The van der Waals surface area contributed by atoms with E-state index < -0.39 is 0 Å². The summed E-state index contributed by atoms with van der Waals surface area (Å²) in [6.45, 7) is 4.62. The van der Waals surface area contributed by atoms with E-state index in [1.807, 2.05) is 0 Å². The molecule has 0 spiro atoms. The number of benzene rings is 8. The molecule has 0 saturated heterocycles. The van der Waals surface area contributed by atoms with Crippen LogP contribution in [0.3, 0.4) is 0 Å². The molecule has 0 atom stereocenters. The topological polar surface area (TPSA) is 6.48 Å². The van der Waals surface area contributed by atoms with E-state index >= 15 is 0 Å². The van der Waals surface area contributed by atoms with Gasteiger partial charge in [0.2, 0.25) is 0 Å². The largest absolute Gasteiger partial charge is 0.311 e. The Bertz CT molecular complexity index is 2680. The monoisotopic (exact) mass is 868 g/mol. The first-order chi connectivity index (χ1) is 33.1. The Labute approximate surface area is 400 Å². The Balaban J connectivity index is 1.02. The second-order valence-corrected chi connectivity index (χ2v) is 17.8. The predicted octanol–water partition coefficient (Wildman–Crippen LogP) is 17.6. The van der Waals surface area contributed by atoms with Crippen molar-refractivity contribution in [2.45, 2.75) is 83.5 Å². The van der Waals surface area contributed by atoms with E-state index in [-0.39, 0.29) is 5.41 Å². The summed E-state index contributed by atoms with van der Waals surface area (Å²) < 4.78 is 0. The number of para-hydroxylation sites is 4. The number of anilines is 6. The number of hydrogen-bond acceptors (Lipinski definition) is 2. The van der Waals surface area contributed by atoms with E-state index in [2.05, 4.69) is 254 Å². The van der Waals surface area contributed by atoms with Crippen molar-refractivity contribution in [3.63, 3.8) is 0 Å². The minimum atomic E-state index is -0.0818. The summed E-state index contributed by atoms with van der Waals surface area (Å²) >= 11 is 0. The summed E-state index contributed by atoms with van der Waals surface area (Å²) in [7, 11) is 0. The molecule has 67 heavy (non-hydrogen) atoms. The highest BCUT2D eigenvalue weighted by Gasteiger charge is 2.42. The average Bonchev–Trinajstić information content (AvgIpc) is 3.65. The number of nitrogens with zero attached hydrogens (tertiary/aromatic N) is 2. The number of unbranched alkanes of at least 4 members (excludes halogenated alkanes) is 6. The molecule has 0 amide bonds. The molecule has 0 N–H and O–H groups in total. The van der Waals surface area contributed by atoms with Crippen molar-refractivity contribution in [3.8, 4) is 34.8 Å². The molecule has 1 aliphatic rings. The molecule has 1 aliphatic carbocycles. The van der Waals surface area contributed by atoms with E-state index in [9.17, 15) is 0 Å². The number of rotatable bonds is 16. The molecular weight excluding hydrogens is 809 g/mol. The van der Waals surface area contributed by atoms with Gasteiger partial charge < -0.3 is 9.80 Å². The van der Waals surface area contributed by atoms with Crippen LogP contribution in [0.4, 0.5) is 34.1 Å². The zero-order valence-electron chi connectivity index (χ0n) is 39.1. The van der Waals surface area contributed by atoms with Gasteiger partial charge in [-0.15, -0.1) is 0 Å². The minimum Gasteiger partial charge on any atom is -0.311 e. The molecule has 0 heterocycles. The van der Waals surface area contributed by atoms with Crippen LogP contribution in [0.1, 0.15) is 111 Å². The maximum absolute atomic E-state index is 3.61. The van der Waals surface area contributed by atoms with Gasteiger partial charge in [-0.25, -0.2) is 0 Å². The average molecular weight is 869 g/mol. The van der Waals surface area contributed by atoms with Crippen LogP contribution in [0.15, 0.2) is 206 Å². The lowest BCUT2D eigenvalue weighted by Crippen LogP contribution is -2.26. The quantitative estimate of drug-likeness (QED) is 0.0705. The lowest BCUT2D eigenvalue weighted by molar-refractivity contribution is 0.401. The zero-order valence-corrected chi connectivity index (χ0v) is 39.1. The van der Waals surface area contributed by atoms with E-state index in [0.29, 0.717) is 0 Å². The summed E-state index contributed by atoms with van der Waals surface area (Å²) in [5.74, 6) is 14.3. The smallest absolute Gasteiger partial charge is 0.0462 e. The van der Waals surface area contributed by atoms with E-state index in [0.717, 1.165) is 69.2 Å². The molecule has 2 nitrogen and oxygen atoms in total. The third kappa shape index (κ3) is 10.3. The fraction of sp³-hybridized carbons (Fsp3) is 0.200. The van der Waals surface area contributed by atoms with Crippen molar-refractivity contribution in [3.05, 3.63) is 240 Å². The molecule has 0 saturated carbocycles.